The molecule has 126 valence electrons. The minimum Gasteiger partial charge on any atom is -0.312 e. The highest BCUT2D eigenvalue weighted by Gasteiger charge is 2.23. The maximum Gasteiger partial charge on any atom is 0.264 e. The van der Waals surface area contributed by atoms with Gasteiger partial charge in [-0.3, -0.25) is 4.99 Å². The van der Waals surface area contributed by atoms with Crippen LogP contribution in [0, 0.1) is 0 Å². The normalized spacial score (nSPS) is 15.1. The molecule has 0 saturated carbocycles. The van der Waals surface area contributed by atoms with Crippen molar-refractivity contribution >= 4 is 44.9 Å². The monoisotopic (exact) mass is 383 g/mol. The first-order chi connectivity index (χ1) is 11.5. The molecule has 0 amide bonds. The van der Waals surface area contributed by atoms with Gasteiger partial charge in [0.1, 0.15) is 0 Å². The van der Waals surface area contributed by atoms with Gasteiger partial charge < -0.3 is 4.90 Å². The van der Waals surface area contributed by atoms with Crippen LogP contribution in [0.4, 0.5) is 5.69 Å². The fraction of sp³-hybridized carbons (Fsp3) is 0.188. The quantitative estimate of drug-likeness (QED) is 0.881. The van der Waals surface area contributed by atoms with Crippen molar-refractivity contribution in [1.29, 1.82) is 0 Å². The zero-order valence-corrected chi connectivity index (χ0v) is 14.9. The summed E-state index contributed by atoms with van der Waals surface area (Å²) in [6.45, 7) is 1.24. The Bertz CT molecular complexity index is 850. The lowest BCUT2D eigenvalue weighted by Gasteiger charge is -2.29. The first-order valence-corrected chi connectivity index (χ1v) is 9.55. The summed E-state index contributed by atoms with van der Waals surface area (Å²) >= 11 is 11.7. The Balaban J connectivity index is 1.87. The highest BCUT2D eigenvalue weighted by molar-refractivity contribution is 7.90. The summed E-state index contributed by atoms with van der Waals surface area (Å²) in [5.74, 6) is 0.304. The first kappa shape index (κ1) is 17.1. The summed E-state index contributed by atoms with van der Waals surface area (Å²) in [6, 6.07) is 13.2. The molecule has 0 radical (unpaired) electrons. The molecule has 1 N–H and O–H groups in total. The van der Waals surface area contributed by atoms with Crippen molar-refractivity contribution < 1.29 is 8.42 Å². The molecule has 1 aliphatic rings. The third-order valence-corrected chi connectivity index (χ3v) is 5.39. The molecule has 0 unspecified atom stereocenters. The number of hydrogen-bond donors (Lipinski definition) is 1. The maximum absolute atomic E-state index is 12.6. The van der Waals surface area contributed by atoms with Gasteiger partial charge in [-0.1, -0.05) is 23.2 Å². The number of sulfonamides is 1. The fourth-order valence-electron chi connectivity index (χ4n) is 2.36. The number of halogens is 2. The minimum absolute atomic E-state index is 0.135. The van der Waals surface area contributed by atoms with Gasteiger partial charge >= 0.3 is 0 Å². The van der Waals surface area contributed by atoms with E-state index in [0.29, 0.717) is 29.1 Å². The summed E-state index contributed by atoms with van der Waals surface area (Å²) in [5, 5.41) is 1.10. The summed E-state index contributed by atoms with van der Waals surface area (Å²) in [5.41, 5.74) is 0.830. The van der Waals surface area contributed by atoms with Crippen LogP contribution in [-0.4, -0.2) is 27.5 Å². The fourth-order valence-corrected chi connectivity index (χ4v) is 3.64. The zero-order chi connectivity index (χ0) is 17.2. The lowest BCUT2D eigenvalue weighted by molar-refractivity contribution is 0.591. The van der Waals surface area contributed by atoms with Gasteiger partial charge in [-0.05, 0) is 55.0 Å². The second-order valence-corrected chi connectivity index (χ2v) is 7.80. The van der Waals surface area contributed by atoms with Gasteiger partial charge in [0.25, 0.3) is 10.0 Å². The molecule has 0 atom stereocenters. The SMILES string of the molecule is O=S(=O)(NC1=NCCCN1c1ccc(Cl)cc1)c1ccc(Cl)cc1. The van der Waals surface area contributed by atoms with E-state index < -0.39 is 10.0 Å². The van der Waals surface area contributed by atoms with Crippen molar-refractivity contribution in [3.05, 3.63) is 58.6 Å². The van der Waals surface area contributed by atoms with Crippen LogP contribution >= 0.6 is 23.2 Å². The van der Waals surface area contributed by atoms with Crippen LogP contribution in [0.2, 0.25) is 10.0 Å². The van der Waals surface area contributed by atoms with Gasteiger partial charge in [-0.25, -0.2) is 13.1 Å². The van der Waals surface area contributed by atoms with Crippen LogP contribution in [0.1, 0.15) is 6.42 Å². The lowest BCUT2D eigenvalue weighted by Crippen LogP contribution is -2.47. The molecular formula is C16H15Cl2N3O2S. The van der Waals surface area contributed by atoms with E-state index in [4.69, 9.17) is 23.2 Å². The molecule has 2 aromatic carbocycles. The average molecular weight is 384 g/mol. The van der Waals surface area contributed by atoms with E-state index in [1.807, 2.05) is 17.0 Å². The number of rotatable bonds is 3. The second-order valence-electron chi connectivity index (χ2n) is 5.25. The second kappa shape index (κ2) is 7.01. The van der Waals surface area contributed by atoms with E-state index in [2.05, 4.69) is 9.71 Å². The molecule has 1 heterocycles. The van der Waals surface area contributed by atoms with Crippen molar-refractivity contribution in [1.82, 2.24) is 4.72 Å². The predicted molar refractivity (Wildman–Crippen MR) is 97.5 cm³/mol. The molecule has 2 aromatic rings. The van der Waals surface area contributed by atoms with Crippen molar-refractivity contribution in [3.8, 4) is 0 Å². The van der Waals surface area contributed by atoms with Gasteiger partial charge in [-0.2, -0.15) is 0 Å². The maximum atomic E-state index is 12.6. The van der Waals surface area contributed by atoms with Crippen LogP contribution in [-0.2, 0) is 10.0 Å². The molecule has 24 heavy (non-hydrogen) atoms. The van der Waals surface area contributed by atoms with E-state index in [-0.39, 0.29) is 4.90 Å². The number of hydrogen-bond acceptors (Lipinski definition) is 4. The van der Waals surface area contributed by atoms with E-state index in [1.165, 1.54) is 24.3 Å². The molecule has 1 aliphatic heterocycles. The molecule has 0 fully saturated rings. The summed E-state index contributed by atoms with van der Waals surface area (Å²) in [7, 11) is -3.73. The summed E-state index contributed by atoms with van der Waals surface area (Å²) < 4.78 is 27.7. The lowest BCUT2D eigenvalue weighted by atomic mass is 10.2. The Kier molecular flexibility index (Phi) is 4.99. The molecule has 0 saturated heterocycles. The van der Waals surface area contributed by atoms with Crippen molar-refractivity contribution in [2.75, 3.05) is 18.0 Å². The Morgan fingerprint density at radius 1 is 0.958 bits per heavy atom. The molecule has 5 nitrogen and oxygen atoms in total. The molecular weight excluding hydrogens is 369 g/mol. The Hall–Kier alpha value is -1.76. The smallest absolute Gasteiger partial charge is 0.264 e. The average Bonchev–Trinajstić information content (AvgIpc) is 2.56. The van der Waals surface area contributed by atoms with E-state index in [0.717, 1.165) is 12.1 Å². The van der Waals surface area contributed by atoms with Gasteiger partial charge in [0.2, 0.25) is 5.96 Å². The van der Waals surface area contributed by atoms with Gasteiger partial charge in [0, 0.05) is 28.8 Å². The van der Waals surface area contributed by atoms with Crippen LogP contribution in [0.3, 0.4) is 0 Å². The summed E-state index contributed by atoms with van der Waals surface area (Å²) in [4.78, 5) is 6.29. The summed E-state index contributed by atoms with van der Waals surface area (Å²) in [6.07, 6.45) is 0.842. The van der Waals surface area contributed by atoms with Gasteiger partial charge in [0.05, 0.1) is 4.90 Å². The highest BCUT2D eigenvalue weighted by atomic mass is 35.5. The number of nitrogens with one attached hydrogen (secondary N) is 1. The molecule has 8 heteroatoms. The van der Waals surface area contributed by atoms with E-state index >= 15 is 0 Å². The van der Waals surface area contributed by atoms with Crippen LogP contribution in [0.15, 0.2) is 58.4 Å². The molecule has 0 bridgehead atoms. The number of aliphatic imine (C=N–C) groups is 1. The van der Waals surface area contributed by atoms with Crippen molar-refractivity contribution in [2.24, 2.45) is 4.99 Å². The van der Waals surface area contributed by atoms with Gasteiger partial charge in [-0.15, -0.1) is 0 Å². The molecule has 0 aromatic heterocycles. The Labute approximate surface area is 151 Å². The number of benzene rings is 2. The highest BCUT2D eigenvalue weighted by Crippen LogP contribution is 2.21. The van der Waals surface area contributed by atoms with Gasteiger partial charge in [0.15, 0.2) is 0 Å². The van der Waals surface area contributed by atoms with Crippen LogP contribution in [0.5, 0.6) is 0 Å². The van der Waals surface area contributed by atoms with Crippen LogP contribution < -0.4 is 9.62 Å². The standard InChI is InChI=1S/C16H15Cl2N3O2S/c17-12-2-6-14(7-3-12)21-11-1-10-19-16(21)20-24(22,23)15-8-4-13(18)5-9-15/h2-9H,1,10-11H2,(H,19,20). The first-order valence-electron chi connectivity index (χ1n) is 7.32. The van der Waals surface area contributed by atoms with E-state index in [9.17, 15) is 8.42 Å². The Morgan fingerprint density at radius 3 is 2.17 bits per heavy atom. The predicted octanol–water partition coefficient (Wildman–Crippen LogP) is 3.54. The third-order valence-electron chi connectivity index (χ3n) is 3.54. The van der Waals surface area contributed by atoms with Crippen molar-refractivity contribution in [3.63, 3.8) is 0 Å². The number of nitrogens with zero attached hydrogens (tertiary/aromatic N) is 2. The minimum atomic E-state index is -3.73. The number of guanidine groups is 1. The molecule has 0 aliphatic carbocycles. The van der Waals surface area contributed by atoms with Crippen LogP contribution in [0.25, 0.3) is 0 Å². The topological polar surface area (TPSA) is 61.8 Å². The van der Waals surface area contributed by atoms with E-state index in [1.54, 1.807) is 12.1 Å². The third kappa shape index (κ3) is 3.83. The van der Waals surface area contributed by atoms with Crippen molar-refractivity contribution in [2.45, 2.75) is 11.3 Å². The Morgan fingerprint density at radius 2 is 1.54 bits per heavy atom. The largest absolute Gasteiger partial charge is 0.312 e. The zero-order valence-electron chi connectivity index (χ0n) is 12.6. The molecule has 3 rings (SSSR count). The molecule has 0 spiro atoms. The number of anilines is 1.